The van der Waals surface area contributed by atoms with Crippen LogP contribution in [0.25, 0.3) is 0 Å². The van der Waals surface area contributed by atoms with Gasteiger partial charge in [0.05, 0.1) is 6.07 Å². The Balaban J connectivity index is 2.19. The van der Waals surface area contributed by atoms with E-state index in [9.17, 15) is 4.79 Å². The highest BCUT2D eigenvalue weighted by Gasteiger charge is 2.18. The molecule has 0 N–H and O–H groups in total. The van der Waals surface area contributed by atoms with Gasteiger partial charge in [0, 0.05) is 0 Å². The first kappa shape index (κ1) is 8.06. The van der Waals surface area contributed by atoms with E-state index in [1.54, 1.807) is 6.07 Å². The number of ether oxygens (including phenoxy) is 1. The Hall–Kier alpha value is -1.04. The molecule has 1 aliphatic carbocycles. The van der Waals surface area contributed by atoms with E-state index in [0.717, 1.165) is 25.7 Å². The van der Waals surface area contributed by atoms with Gasteiger partial charge in [-0.1, -0.05) is 0 Å². The molecule has 0 bridgehead atoms. The minimum atomic E-state index is -0.376. The summed E-state index contributed by atoms with van der Waals surface area (Å²) in [7, 11) is 0. The zero-order chi connectivity index (χ0) is 8.10. The molecule has 0 amide bonds. The maximum atomic E-state index is 10.8. The lowest BCUT2D eigenvalue weighted by Gasteiger charge is -2.08. The Morgan fingerprint density at radius 3 is 2.73 bits per heavy atom. The average Bonchev–Trinajstić information content (AvgIpc) is 2.40. The highest BCUT2D eigenvalue weighted by Crippen LogP contribution is 2.21. The van der Waals surface area contributed by atoms with E-state index >= 15 is 0 Å². The number of carbonyl (C=O) groups excluding carboxylic acids is 1. The second-order valence-corrected chi connectivity index (χ2v) is 2.73. The number of rotatable bonds is 2. The Bertz CT molecular complexity index is 177. The molecule has 0 atom stereocenters. The predicted octanol–water partition coefficient (Wildman–Crippen LogP) is 1.39. The summed E-state index contributed by atoms with van der Waals surface area (Å²) in [5, 5.41) is 8.16. The van der Waals surface area contributed by atoms with Gasteiger partial charge in [0.15, 0.2) is 0 Å². The first-order chi connectivity index (χ1) is 5.33. The Morgan fingerprint density at radius 2 is 2.18 bits per heavy atom. The van der Waals surface area contributed by atoms with Crippen molar-refractivity contribution in [2.75, 3.05) is 0 Å². The minimum Gasteiger partial charge on any atom is -0.462 e. The van der Waals surface area contributed by atoms with Crippen LogP contribution in [0.5, 0.6) is 0 Å². The molecule has 0 radical (unpaired) electrons. The smallest absolute Gasteiger partial charge is 0.320 e. The third kappa shape index (κ3) is 2.58. The molecule has 1 rings (SSSR count). The molecule has 0 aliphatic heterocycles. The zero-order valence-electron chi connectivity index (χ0n) is 6.38. The van der Waals surface area contributed by atoms with Gasteiger partial charge in [-0.15, -0.1) is 0 Å². The van der Waals surface area contributed by atoms with E-state index in [0.29, 0.717) is 0 Å². The molecule has 3 heteroatoms. The SMILES string of the molecule is N#CCC(=O)OC1CCCC1. The maximum Gasteiger partial charge on any atom is 0.320 e. The van der Waals surface area contributed by atoms with E-state index in [4.69, 9.17) is 10.00 Å². The van der Waals surface area contributed by atoms with Crippen LogP contribution in [-0.4, -0.2) is 12.1 Å². The topological polar surface area (TPSA) is 50.1 Å². The summed E-state index contributed by atoms with van der Waals surface area (Å²) in [6.07, 6.45) is 4.20. The fourth-order valence-electron chi connectivity index (χ4n) is 1.30. The molecule has 0 aromatic rings. The molecule has 0 aromatic heterocycles. The fraction of sp³-hybridized carbons (Fsp3) is 0.750. The lowest BCUT2D eigenvalue weighted by Crippen LogP contribution is -2.13. The van der Waals surface area contributed by atoms with Crippen LogP contribution in [0.3, 0.4) is 0 Å². The standard InChI is InChI=1S/C8H11NO2/c9-6-5-8(10)11-7-3-1-2-4-7/h7H,1-5H2. The normalized spacial score (nSPS) is 17.7. The van der Waals surface area contributed by atoms with Gasteiger partial charge in [-0.05, 0) is 25.7 Å². The van der Waals surface area contributed by atoms with Crippen molar-refractivity contribution in [3.05, 3.63) is 0 Å². The number of nitriles is 1. The number of nitrogens with zero attached hydrogens (tertiary/aromatic N) is 1. The molecule has 0 spiro atoms. The predicted molar refractivity (Wildman–Crippen MR) is 38.6 cm³/mol. The van der Waals surface area contributed by atoms with Crippen molar-refractivity contribution in [2.24, 2.45) is 0 Å². The summed E-state index contributed by atoms with van der Waals surface area (Å²) in [4.78, 5) is 10.8. The molecule has 60 valence electrons. The third-order valence-electron chi connectivity index (χ3n) is 1.82. The average molecular weight is 153 g/mol. The van der Waals surface area contributed by atoms with Gasteiger partial charge in [-0.25, -0.2) is 0 Å². The van der Waals surface area contributed by atoms with Crippen molar-refractivity contribution in [3.63, 3.8) is 0 Å². The van der Waals surface area contributed by atoms with Crippen LogP contribution in [-0.2, 0) is 9.53 Å². The summed E-state index contributed by atoms with van der Waals surface area (Å²) in [5.74, 6) is -0.376. The summed E-state index contributed by atoms with van der Waals surface area (Å²) < 4.78 is 4.99. The molecular formula is C8H11NO2. The van der Waals surface area contributed by atoms with Crippen LogP contribution in [0.2, 0.25) is 0 Å². The second-order valence-electron chi connectivity index (χ2n) is 2.73. The van der Waals surface area contributed by atoms with Gasteiger partial charge in [0.25, 0.3) is 0 Å². The van der Waals surface area contributed by atoms with Gasteiger partial charge in [0.1, 0.15) is 12.5 Å². The highest BCUT2D eigenvalue weighted by molar-refractivity contribution is 5.71. The van der Waals surface area contributed by atoms with Crippen molar-refractivity contribution in [2.45, 2.75) is 38.2 Å². The zero-order valence-corrected chi connectivity index (χ0v) is 6.38. The van der Waals surface area contributed by atoms with Crippen LogP contribution in [0.1, 0.15) is 32.1 Å². The van der Waals surface area contributed by atoms with Crippen LogP contribution >= 0.6 is 0 Å². The Morgan fingerprint density at radius 1 is 1.55 bits per heavy atom. The summed E-state index contributed by atoms with van der Waals surface area (Å²) in [6, 6.07) is 1.77. The van der Waals surface area contributed by atoms with Crippen LogP contribution < -0.4 is 0 Å². The van der Waals surface area contributed by atoms with Crippen molar-refractivity contribution >= 4 is 5.97 Å². The first-order valence-electron chi connectivity index (χ1n) is 3.89. The van der Waals surface area contributed by atoms with Gasteiger partial charge >= 0.3 is 5.97 Å². The molecule has 11 heavy (non-hydrogen) atoms. The van der Waals surface area contributed by atoms with Gasteiger partial charge < -0.3 is 4.74 Å². The molecule has 1 fully saturated rings. The first-order valence-corrected chi connectivity index (χ1v) is 3.89. The molecule has 0 aromatic carbocycles. The molecule has 1 aliphatic rings. The van der Waals surface area contributed by atoms with Crippen LogP contribution in [0.4, 0.5) is 0 Å². The van der Waals surface area contributed by atoms with E-state index in [1.807, 2.05) is 0 Å². The van der Waals surface area contributed by atoms with Crippen LogP contribution in [0.15, 0.2) is 0 Å². The fourth-order valence-corrected chi connectivity index (χ4v) is 1.30. The monoisotopic (exact) mass is 153 g/mol. The maximum absolute atomic E-state index is 10.8. The van der Waals surface area contributed by atoms with Gasteiger partial charge in [-0.3, -0.25) is 4.79 Å². The number of esters is 1. The largest absolute Gasteiger partial charge is 0.462 e. The van der Waals surface area contributed by atoms with E-state index in [2.05, 4.69) is 0 Å². The van der Waals surface area contributed by atoms with E-state index < -0.39 is 0 Å². The van der Waals surface area contributed by atoms with Crippen molar-refractivity contribution in [3.8, 4) is 6.07 Å². The summed E-state index contributed by atoms with van der Waals surface area (Å²) >= 11 is 0. The van der Waals surface area contributed by atoms with Crippen molar-refractivity contribution in [1.29, 1.82) is 5.26 Å². The van der Waals surface area contributed by atoms with E-state index in [1.165, 1.54) is 0 Å². The summed E-state index contributed by atoms with van der Waals surface area (Å²) in [5.41, 5.74) is 0. The second kappa shape index (κ2) is 3.97. The summed E-state index contributed by atoms with van der Waals surface area (Å²) in [6.45, 7) is 0. The molecule has 3 nitrogen and oxygen atoms in total. The minimum absolute atomic E-state index is 0.0934. The van der Waals surface area contributed by atoms with Gasteiger partial charge in [-0.2, -0.15) is 5.26 Å². The number of hydrogen-bond donors (Lipinski definition) is 0. The number of carbonyl (C=O) groups is 1. The molecule has 0 saturated heterocycles. The lowest BCUT2D eigenvalue weighted by atomic mass is 10.3. The van der Waals surface area contributed by atoms with E-state index in [-0.39, 0.29) is 18.5 Å². The molecule has 0 heterocycles. The highest BCUT2D eigenvalue weighted by atomic mass is 16.5. The quantitative estimate of drug-likeness (QED) is 0.563. The van der Waals surface area contributed by atoms with Gasteiger partial charge in [0.2, 0.25) is 0 Å². The van der Waals surface area contributed by atoms with Crippen LogP contribution in [0, 0.1) is 11.3 Å². The number of hydrogen-bond acceptors (Lipinski definition) is 3. The Kier molecular flexibility index (Phi) is 2.91. The Labute approximate surface area is 66.0 Å². The lowest BCUT2D eigenvalue weighted by molar-refractivity contribution is -0.147. The van der Waals surface area contributed by atoms with Crippen molar-refractivity contribution < 1.29 is 9.53 Å². The third-order valence-corrected chi connectivity index (χ3v) is 1.82. The molecule has 0 unspecified atom stereocenters. The molecule has 1 saturated carbocycles. The van der Waals surface area contributed by atoms with Crippen molar-refractivity contribution in [1.82, 2.24) is 0 Å². The molecular weight excluding hydrogens is 142 g/mol.